The van der Waals surface area contributed by atoms with Crippen molar-refractivity contribution < 1.29 is 26.4 Å². The second kappa shape index (κ2) is 8.99. The van der Waals surface area contributed by atoms with Crippen LogP contribution in [0.3, 0.4) is 0 Å². The van der Waals surface area contributed by atoms with Crippen LogP contribution >= 0.6 is 0 Å². The van der Waals surface area contributed by atoms with E-state index in [1.807, 2.05) is 4.72 Å². The predicted molar refractivity (Wildman–Crippen MR) is 120 cm³/mol. The number of carbonyl (C=O) groups excluding carboxylic acids is 1. The highest BCUT2D eigenvalue weighted by Gasteiger charge is 2.24. The molecule has 0 aliphatic heterocycles. The number of carbonyl (C=O) groups is 1. The van der Waals surface area contributed by atoms with Gasteiger partial charge in [-0.05, 0) is 31.2 Å². The van der Waals surface area contributed by atoms with Crippen LogP contribution in [0.1, 0.15) is 5.56 Å². The summed E-state index contributed by atoms with van der Waals surface area (Å²) in [5.74, 6) is 0.412. The Morgan fingerprint density at radius 1 is 0.875 bits per heavy atom. The van der Waals surface area contributed by atoms with Gasteiger partial charge in [0.15, 0.2) is 0 Å². The summed E-state index contributed by atoms with van der Waals surface area (Å²) in [4.78, 5) is 12.1. The van der Waals surface area contributed by atoms with E-state index in [-0.39, 0.29) is 21.0 Å². The first-order chi connectivity index (χ1) is 15.0. The van der Waals surface area contributed by atoms with Gasteiger partial charge in [0.2, 0.25) is 10.0 Å². The van der Waals surface area contributed by atoms with Crippen molar-refractivity contribution in [2.45, 2.75) is 16.7 Å². The van der Waals surface area contributed by atoms with Crippen LogP contribution in [-0.2, 0) is 20.0 Å². The smallest absolute Gasteiger partial charge is 0.333 e. The lowest BCUT2D eigenvalue weighted by atomic mass is 10.0. The van der Waals surface area contributed by atoms with Crippen LogP contribution in [0.5, 0.6) is 5.75 Å². The SMILES string of the molecule is COc1ccccc1-c1cccc(S(N)(=O)=O)c1NC(=O)NS(=O)(=O)c1ccc(C)cc1. The lowest BCUT2D eigenvalue weighted by Gasteiger charge is -2.17. The molecule has 3 aromatic carbocycles. The third-order valence-electron chi connectivity index (χ3n) is 4.53. The number of ether oxygens (including phenoxy) is 1. The maximum atomic E-state index is 12.6. The molecule has 0 bridgehead atoms. The van der Waals surface area contributed by atoms with Gasteiger partial charge in [0.1, 0.15) is 10.6 Å². The standard InChI is InChI=1S/C21H21N3O6S2/c1-14-10-12-15(13-11-14)32(28,29)24-21(25)23-20-17(7-5-9-19(20)31(22,26)27)16-6-3-4-8-18(16)30-2/h3-13H,1-2H3,(H2,22,26,27)(H2,23,24,25). The average Bonchev–Trinajstić information content (AvgIpc) is 2.73. The lowest BCUT2D eigenvalue weighted by Crippen LogP contribution is -2.35. The molecule has 0 fully saturated rings. The molecule has 0 aliphatic rings. The van der Waals surface area contributed by atoms with E-state index >= 15 is 0 Å². The highest BCUT2D eigenvalue weighted by molar-refractivity contribution is 7.90. The molecular formula is C21H21N3O6S2. The number of anilines is 1. The van der Waals surface area contributed by atoms with E-state index in [0.717, 1.165) is 5.56 Å². The van der Waals surface area contributed by atoms with Crippen LogP contribution in [0.4, 0.5) is 10.5 Å². The monoisotopic (exact) mass is 475 g/mol. The van der Waals surface area contributed by atoms with E-state index in [9.17, 15) is 21.6 Å². The number of aryl methyl sites for hydroxylation is 1. The molecule has 0 atom stereocenters. The quantitative estimate of drug-likeness (QED) is 0.500. The van der Waals surface area contributed by atoms with Gasteiger partial charge >= 0.3 is 6.03 Å². The molecule has 0 unspecified atom stereocenters. The maximum Gasteiger partial charge on any atom is 0.333 e. The molecule has 0 radical (unpaired) electrons. The minimum atomic E-state index is -4.26. The molecular weight excluding hydrogens is 454 g/mol. The fraction of sp³-hybridized carbons (Fsp3) is 0.0952. The van der Waals surface area contributed by atoms with Gasteiger partial charge < -0.3 is 10.1 Å². The molecule has 0 heterocycles. The number of nitrogens with two attached hydrogens (primary N) is 1. The summed E-state index contributed by atoms with van der Waals surface area (Å²) in [6.45, 7) is 1.79. The maximum absolute atomic E-state index is 12.6. The average molecular weight is 476 g/mol. The molecule has 0 aliphatic carbocycles. The first-order valence-corrected chi connectivity index (χ1v) is 12.3. The number of para-hydroxylation sites is 2. The van der Waals surface area contributed by atoms with Crippen molar-refractivity contribution in [1.82, 2.24) is 4.72 Å². The molecule has 2 amide bonds. The lowest BCUT2D eigenvalue weighted by molar-refractivity contribution is 0.256. The fourth-order valence-corrected chi connectivity index (χ4v) is 4.65. The van der Waals surface area contributed by atoms with E-state index in [0.29, 0.717) is 11.3 Å². The van der Waals surface area contributed by atoms with E-state index in [2.05, 4.69) is 5.32 Å². The summed E-state index contributed by atoms with van der Waals surface area (Å²) in [5.41, 5.74) is 1.40. The van der Waals surface area contributed by atoms with Gasteiger partial charge in [0, 0.05) is 11.1 Å². The highest BCUT2D eigenvalue weighted by atomic mass is 32.2. The molecule has 32 heavy (non-hydrogen) atoms. The normalized spacial score (nSPS) is 11.6. The Hall–Kier alpha value is -3.41. The molecule has 9 nitrogen and oxygen atoms in total. The van der Waals surface area contributed by atoms with Crippen LogP contribution in [0.15, 0.2) is 76.5 Å². The number of rotatable bonds is 6. The van der Waals surface area contributed by atoms with Crippen molar-refractivity contribution in [3.63, 3.8) is 0 Å². The first kappa shape index (κ1) is 23.3. The first-order valence-electron chi connectivity index (χ1n) is 9.22. The number of urea groups is 1. The Kier molecular flexibility index (Phi) is 6.53. The van der Waals surface area contributed by atoms with Gasteiger partial charge in [-0.1, -0.05) is 48.0 Å². The van der Waals surface area contributed by atoms with Crippen LogP contribution in [0, 0.1) is 6.92 Å². The van der Waals surface area contributed by atoms with Gasteiger partial charge in [0.25, 0.3) is 10.0 Å². The largest absolute Gasteiger partial charge is 0.496 e. The molecule has 3 rings (SSSR count). The van der Waals surface area contributed by atoms with Crippen molar-refractivity contribution >= 4 is 31.8 Å². The molecule has 11 heteroatoms. The molecule has 0 aromatic heterocycles. The van der Waals surface area contributed by atoms with Gasteiger partial charge in [0.05, 0.1) is 17.7 Å². The summed E-state index contributed by atoms with van der Waals surface area (Å²) in [6.07, 6.45) is 0. The number of sulfonamides is 2. The van der Waals surface area contributed by atoms with Gasteiger partial charge in [-0.25, -0.2) is 31.5 Å². The Morgan fingerprint density at radius 3 is 2.12 bits per heavy atom. The Morgan fingerprint density at radius 2 is 1.50 bits per heavy atom. The van der Waals surface area contributed by atoms with E-state index in [1.165, 1.54) is 31.4 Å². The zero-order valence-corrected chi connectivity index (χ0v) is 18.8. The molecule has 0 saturated carbocycles. The van der Waals surface area contributed by atoms with E-state index in [1.54, 1.807) is 49.4 Å². The van der Waals surface area contributed by atoms with Gasteiger partial charge in [-0.3, -0.25) is 0 Å². The fourth-order valence-electron chi connectivity index (χ4n) is 3.03. The number of methoxy groups -OCH3 is 1. The van der Waals surface area contributed by atoms with E-state index in [4.69, 9.17) is 9.88 Å². The minimum Gasteiger partial charge on any atom is -0.496 e. The molecule has 168 valence electrons. The summed E-state index contributed by atoms with van der Waals surface area (Å²) in [7, 11) is -7.02. The topological polar surface area (TPSA) is 145 Å². The summed E-state index contributed by atoms with van der Waals surface area (Å²) in [6, 6.07) is 15.7. The minimum absolute atomic E-state index is 0.122. The Labute approximate surface area is 186 Å². The molecule has 0 spiro atoms. The van der Waals surface area contributed by atoms with Crippen molar-refractivity contribution in [1.29, 1.82) is 0 Å². The van der Waals surface area contributed by atoms with Crippen LogP contribution in [-0.4, -0.2) is 30.0 Å². The Balaban J connectivity index is 2.04. The summed E-state index contributed by atoms with van der Waals surface area (Å²) >= 11 is 0. The number of amides is 2. The third-order valence-corrected chi connectivity index (χ3v) is 6.83. The van der Waals surface area contributed by atoms with Gasteiger partial charge in [-0.2, -0.15) is 0 Å². The zero-order valence-electron chi connectivity index (χ0n) is 17.2. The molecule has 4 N–H and O–H groups in total. The van der Waals surface area contributed by atoms with Crippen molar-refractivity contribution in [2.24, 2.45) is 5.14 Å². The van der Waals surface area contributed by atoms with Gasteiger partial charge in [-0.15, -0.1) is 0 Å². The number of primary sulfonamides is 1. The summed E-state index contributed by atoms with van der Waals surface area (Å²) < 4.78 is 56.6. The van der Waals surface area contributed by atoms with Crippen LogP contribution < -0.4 is 19.9 Å². The van der Waals surface area contributed by atoms with Crippen molar-refractivity contribution in [3.8, 4) is 16.9 Å². The second-order valence-electron chi connectivity index (χ2n) is 6.80. The molecule has 3 aromatic rings. The third kappa shape index (κ3) is 5.07. The van der Waals surface area contributed by atoms with Crippen LogP contribution in [0.2, 0.25) is 0 Å². The zero-order chi connectivity index (χ0) is 23.5. The number of hydrogen-bond acceptors (Lipinski definition) is 6. The molecule has 0 saturated heterocycles. The summed E-state index contributed by atoms with van der Waals surface area (Å²) in [5, 5.41) is 7.66. The van der Waals surface area contributed by atoms with E-state index < -0.39 is 26.1 Å². The number of benzene rings is 3. The number of nitrogens with one attached hydrogen (secondary N) is 2. The predicted octanol–water partition coefficient (Wildman–Crippen LogP) is 2.83. The van der Waals surface area contributed by atoms with Crippen molar-refractivity contribution in [2.75, 3.05) is 12.4 Å². The van der Waals surface area contributed by atoms with Crippen molar-refractivity contribution in [3.05, 3.63) is 72.3 Å². The number of hydrogen-bond donors (Lipinski definition) is 3. The second-order valence-corrected chi connectivity index (χ2v) is 10.0. The highest BCUT2D eigenvalue weighted by Crippen LogP contribution is 2.38. The van der Waals surface area contributed by atoms with Crippen LogP contribution in [0.25, 0.3) is 11.1 Å². The Bertz CT molecular complexity index is 1370.